The van der Waals surface area contributed by atoms with Gasteiger partial charge in [-0.05, 0) is 22.9 Å². The summed E-state index contributed by atoms with van der Waals surface area (Å²) < 4.78 is 77.4. The molecule has 24 heavy (non-hydrogen) atoms. The van der Waals surface area contributed by atoms with Crippen molar-refractivity contribution in [3.63, 3.8) is 0 Å². The lowest BCUT2D eigenvalue weighted by molar-refractivity contribution is -0.297. The van der Waals surface area contributed by atoms with Crippen LogP contribution in [0.2, 0.25) is 0 Å². The van der Waals surface area contributed by atoms with Gasteiger partial charge in [0.25, 0.3) is 11.6 Å². The highest BCUT2D eigenvalue weighted by molar-refractivity contribution is 9.10. The number of aliphatic hydroxyl groups is 1. The molecule has 0 bridgehead atoms. The van der Waals surface area contributed by atoms with Gasteiger partial charge in [-0.1, -0.05) is 0 Å². The highest BCUT2D eigenvalue weighted by Gasteiger charge is 2.63. The zero-order valence-corrected chi connectivity index (χ0v) is 13.6. The second-order valence-corrected chi connectivity index (χ2v) is 5.87. The average Bonchev–Trinajstić information content (AvgIpc) is 2.84. The van der Waals surface area contributed by atoms with E-state index in [9.17, 15) is 36.2 Å². The van der Waals surface area contributed by atoms with E-state index in [-0.39, 0.29) is 10.7 Å². The van der Waals surface area contributed by atoms with Crippen LogP contribution in [0.15, 0.2) is 9.57 Å². The van der Waals surface area contributed by atoms with Crippen LogP contribution in [0.25, 0.3) is 0 Å². The molecule has 0 unspecified atom stereocenters. The third-order valence-electron chi connectivity index (χ3n) is 3.23. The van der Waals surface area contributed by atoms with Crippen molar-refractivity contribution in [1.29, 1.82) is 0 Å². The molecule has 0 saturated heterocycles. The molecule has 1 N–H and O–H groups in total. The molecule has 0 radical (unpaired) electrons. The van der Waals surface area contributed by atoms with E-state index in [1.807, 2.05) is 0 Å². The molecule has 1 amide bonds. The highest BCUT2D eigenvalue weighted by Crippen LogP contribution is 2.42. The number of nitrogens with zero attached hydrogens (tertiary/aromatic N) is 4. The average molecular weight is 423 g/mol. The quantitative estimate of drug-likeness (QED) is 0.707. The number of hydrazone groups is 1. The third-order valence-corrected chi connectivity index (χ3v) is 3.98. The second kappa shape index (κ2) is 5.44. The number of halogens is 7. The van der Waals surface area contributed by atoms with Crippen LogP contribution in [0.4, 0.5) is 26.3 Å². The fourth-order valence-corrected chi connectivity index (χ4v) is 2.93. The number of carbonyl (C=O) groups excluding carboxylic acids is 1. The van der Waals surface area contributed by atoms with Gasteiger partial charge in [0.1, 0.15) is 0 Å². The summed E-state index contributed by atoms with van der Waals surface area (Å²) in [5.74, 6) is -1.62. The molecule has 1 aromatic rings. The Morgan fingerprint density at radius 2 is 1.83 bits per heavy atom. The first-order chi connectivity index (χ1) is 10.7. The maximum absolute atomic E-state index is 13.1. The molecule has 6 nitrogen and oxygen atoms in total. The summed E-state index contributed by atoms with van der Waals surface area (Å²) >= 11 is 2.53. The maximum Gasteiger partial charge on any atom is 0.438 e. The van der Waals surface area contributed by atoms with Crippen molar-refractivity contribution < 1.29 is 36.2 Å². The largest absolute Gasteiger partial charge is 0.438 e. The fourth-order valence-electron chi connectivity index (χ4n) is 2.20. The predicted octanol–water partition coefficient (Wildman–Crippen LogP) is 2.67. The molecule has 1 atom stereocenters. The number of carbonyl (C=O) groups is 1. The van der Waals surface area contributed by atoms with E-state index >= 15 is 0 Å². The lowest BCUT2D eigenvalue weighted by Gasteiger charge is -2.32. The molecule has 0 aliphatic carbocycles. The number of aryl methyl sites for hydroxylation is 1. The maximum atomic E-state index is 13.1. The first-order valence-electron chi connectivity index (χ1n) is 6.17. The van der Waals surface area contributed by atoms with E-state index in [1.54, 1.807) is 0 Å². The predicted molar refractivity (Wildman–Crippen MR) is 70.8 cm³/mol. The van der Waals surface area contributed by atoms with E-state index in [1.165, 1.54) is 0 Å². The summed E-state index contributed by atoms with van der Waals surface area (Å²) in [7, 11) is 0.874. The lowest BCUT2D eigenvalue weighted by Crippen LogP contribution is -2.56. The van der Waals surface area contributed by atoms with Crippen molar-refractivity contribution in [2.45, 2.75) is 31.4 Å². The summed E-state index contributed by atoms with van der Waals surface area (Å²) in [5.41, 5.74) is -6.18. The number of aromatic nitrogens is 2. The molecular formula is C11H9BrF6N4O2. The zero-order valence-electron chi connectivity index (χ0n) is 12.0. The first kappa shape index (κ1) is 18.7. The van der Waals surface area contributed by atoms with Crippen LogP contribution >= 0.6 is 15.9 Å². The van der Waals surface area contributed by atoms with Gasteiger partial charge in [-0.15, -0.1) is 0 Å². The molecule has 13 heteroatoms. The van der Waals surface area contributed by atoms with Gasteiger partial charge < -0.3 is 5.11 Å². The van der Waals surface area contributed by atoms with Gasteiger partial charge in [0.05, 0.1) is 4.47 Å². The molecule has 1 aromatic heterocycles. The molecule has 0 fully saturated rings. The Hall–Kier alpha value is -1.63. The van der Waals surface area contributed by atoms with Crippen molar-refractivity contribution in [2.24, 2.45) is 12.1 Å². The van der Waals surface area contributed by atoms with Gasteiger partial charge in [0.15, 0.2) is 11.4 Å². The van der Waals surface area contributed by atoms with E-state index in [0.29, 0.717) is 4.68 Å². The van der Waals surface area contributed by atoms with Crippen molar-refractivity contribution in [3.8, 4) is 0 Å². The van der Waals surface area contributed by atoms with Gasteiger partial charge in [0, 0.05) is 19.2 Å². The fraction of sp³-hybridized carbons (Fsp3) is 0.545. The Morgan fingerprint density at radius 3 is 2.25 bits per heavy atom. The van der Waals surface area contributed by atoms with E-state index < -0.39 is 46.3 Å². The smallest absolute Gasteiger partial charge is 0.362 e. The number of amides is 1. The Kier molecular flexibility index (Phi) is 4.24. The molecule has 2 heterocycles. The normalized spacial score (nSPS) is 22.1. The molecule has 1 aliphatic heterocycles. The van der Waals surface area contributed by atoms with Crippen LogP contribution in [0.1, 0.15) is 29.5 Å². The molecule has 134 valence electrons. The van der Waals surface area contributed by atoms with Crippen molar-refractivity contribution >= 4 is 27.5 Å². The highest BCUT2D eigenvalue weighted by atomic mass is 79.9. The minimum atomic E-state index is -5.27. The third kappa shape index (κ3) is 2.79. The topological polar surface area (TPSA) is 70.7 Å². The van der Waals surface area contributed by atoms with Gasteiger partial charge >= 0.3 is 12.4 Å². The van der Waals surface area contributed by atoms with E-state index in [4.69, 9.17) is 0 Å². The Labute approximate surface area is 138 Å². The number of hydrogen-bond donors (Lipinski definition) is 1. The lowest BCUT2D eigenvalue weighted by atomic mass is 10.1. The first-order valence-corrected chi connectivity index (χ1v) is 6.97. The van der Waals surface area contributed by atoms with E-state index in [2.05, 4.69) is 26.1 Å². The zero-order chi connectivity index (χ0) is 18.7. The molecule has 0 aromatic carbocycles. The molecule has 0 saturated carbocycles. The minimum absolute atomic E-state index is 0.216. The second-order valence-electron chi connectivity index (χ2n) is 5.08. The SMILES string of the molecule is CC1=NN(C(=O)c2nn(C)c(C(F)(F)F)c2Br)[C@](O)(C(F)(F)F)C1. The number of alkyl halides is 6. The van der Waals surface area contributed by atoms with Crippen LogP contribution in [0.5, 0.6) is 0 Å². The van der Waals surface area contributed by atoms with E-state index in [0.717, 1.165) is 14.0 Å². The standard InChI is InChI=1S/C11H9BrF6N4O2/c1-4-3-9(24,11(16,17)18)22(19-4)8(23)6-5(12)7(10(13,14)15)21(2)20-6/h24H,3H2,1-2H3/t9-/m1/s1. The summed E-state index contributed by atoms with van der Waals surface area (Å²) in [6.07, 6.45) is -11.2. The summed E-state index contributed by atoms with van der Waals surface area (Å²) in [4.78, 5) is 12.3. The van der Waals surface area contributed by atoms with Gasteiger partial charge in [-0.3, -0.25) is 9.48 Å². The molecule has 2 rings (SSSR count). The summed E-state index contributed by atoms with van der Waals surface area (Å²) in [5, 5.41) is 16.1. The molecule has 0 spiro atoms. The Bertz CT molecular complexity index is 725. The van der Waals surface area contributed by atoms with Crippen molar-refractivity contribution in [1.82, 2.24) is 14.8 Å². The summed E-state index contributed by atoms with van der Waals surface area (Å²) in [6, 6.07) is 0. The van der Waals surface area contributed by atoms with Gasteiger partial charge in [-0.25, -0.2) is 0 Å². The monoisotopic (exact) mass is 422 g/mol. The molecule has 1 aliphatic rings. The van der Waals surface area contributed by atoms with Crippen LogP contribution < -0.4 is 0 Å². The Morgan fingerprint density at radius 1 is 1.29 bits per heavy atom. The Balaban J connectivity index is 2.53. The van der Waals surface area contributed by atoms with Gasteiger partial charge in [0.2, 0.25) is 0 Å². The van der Waals surface area contributed by atoms with Crippen LogP contribution in [0, 0.1) is 0 Å². The van der Waals surface area contributed by atoms with Crippen molar-refractivity contribution in [3.05, 3.63) is 15.9 Å². The number of hydrogen-bond acceptors (Lipinski definition) is 4. The van der Waals surface area contributed by atoms with Crippen LogP contribution in [-0.4, -0.2) is 43.4 Å². The van der Waals surface area contributed by atoms with Gasteiger partial charge in [-0.2, -0.15) is 41.6 Å². The van der Waals surface area contributed by atoms with Crippen LogP contribution in [-0.2, 0) is 13.2 Å². The van der Waals surface area contributed by atoms with Crippen molar-refractivity contribution in [2.75, 3.05) is 0 Å². The van der Waals surface area contributed by atoms with Crippen LogP contribution in [0.3, 0.4) is 0 Å². The number of rotatable bonds is 1. The summed E-state index contributed by atoms with van der Waals surface area (Å²) in [6.45, 7) is 1.14. The molecular weight excluding hydrogens is 414 g/mol. The minimum Gasteiger partial charge on any atom is -0.362 e.